The highest BCUT2D eigenvalue weighted by atomic mass is 19.3. The lowest BCUT2D eigenvalue weighted by Gasteiger charge is -2.27. The van der Waals surface area contributed by atoms with Gasteiger partial charge in [-0.05, 0) is 43.5 Å². The monoisotopic (exact) mass is 269 g/mol. The van der Waals surface area contributed by atoms with Crippen LogP contribution in [0.2, 0.25) is 0 Å². The second-order valence-electron chi connectivity index (χ2n) is 5.12. The van der Waals surface area contributed by atoms with Crippen LogP contribution in [0.15, 0.2) is 18.2 Å². The van der Waals surface area contributed by atoms with E-state index in [0.717, 1.165) is 0 Å². The first-order valence-electron chi connectivity index (χ1n) is 6.36. The van der Waals surface area contributed by atoms with E-state index in [1.165, 1.54) is 6.07 Å². The predicted octanol–water partition coefficient (Wildman–Crippen LogP) is 3.46. The highest BCUT2D eigenvalue weighted by Crippen LogP contribution is 2.36. The Morgan fingerprint density at radius 3 is 2.58 bits per heavy atom. The summed E-state index contributed by atoms with van der Waals surface area (Å²) in [6.07, 6.45) is -0.00875. The van der Waals surface area contributed by atoms with E-state index >= 15 is 0 Å². The normalized spacial score (nSPS) is 19.1. The van der Waals surface area contributed by atoms with Crippen molar-refractivity contribution in [2.24, 2.45) is 5.92 Å². The quantitative estimate of drug-likeness (QED) is 0.808. The molecule has 0 atom stereocenters. The van der Waals surface area contributed by atoms with E-state index < -0.39 is 5.92 Å². The zero-order valence-corrected chi connectivity index (χ0v) is 10.7. The number of alkyl halides is 2. The first-order chi connectivity index (χ1) is 8.87. The van der Waals surface area contributed by atoms with Gasteiger partial charge in [0.2, 0.25) is 11.8 Å². The summed E-state index contributed by atoms with van der Waals surface area (Å²) < 4.78 is 26.0. The molecule has 0 spiro atoms. The number of aromatic hydroxyl groups is 1. The predicted molar refractivity (Wildman–Crippen MR) is 68.4 cm³/mol. The first kappa shape index (κ1) is 13.8. The van der Waals surface area contributed by atoms with Crippen LogP contribution in [0.1, 0.15) is 31.2 Å². The Hall–Kier alpha value is -1.65. The van der Waals surface area contributed by atoms with Crippen LogP contribution in [-0.4, -0.2) is 16.9 Å². The maximum Gasteiger partial charge on any atom is 0.248 e. The molecule has 104 valence electrons. The molecule has 1 aromatic carbocycles. The molecule has 1 aliphatic carbocycles. The minimum absolute atomic E-state index is 0.162. The number of carbonyl (C=O) groups is 1. The molecule has 0 unspecified atom stereocenters. The van der Waals surface area contributed by atoms with E-state index in [0.29, 0.717) is 11.3 Å². The third-order valence-corrected chi connectivity index (χ3v) is 3.55. The summed E-state index contributed by atoms with van der Waals surface area (Å²) in [6.45, 7) is 1.73. The van der Waals surface area contributed by atoms with Gasteiger partial charge in [0.1, 0.15) is 5.75 Å². The number of anilines is 1. The van der Waals surface area contributed by atoms with Gasteiger partial charge < -0.3 is 10.4 Å². The van der Waals surface area contributed by atoms with Gasteiger partial charge in [0.25, 0.3) is 0 Å². The number of rotatable bonds is 2. The molecule has 1 fully saturated rings. The number of carbonyl (C=O) groups excluding carboxylic acids is 1. The Morgan fingerprint density at radius 2 is 2.00 bits per heavy atom. The number of hydrogen-bond acceptors (Lipinski definition) is 2. The Kier molecular flexibility index (Phi) is 3.73. The average Bonchev–Trinajstić information content (AvgIpc) is 2.33. The molecular weight excluding hydrogens is 252 g/mol. The molecule has 1 amide bonds. The van der Waals surface area contributed by atoms with Crippen molar-refractivity contribution >= 4 is 11.6 Å². The van der Waals surface area contributed by atoms with E-state index in [-0.39, 0.29) is 43.3 Å². The van der Waals surface area contributed by atoms with Crippen LogP contribution in [0.25, 0.3) is 0 Å². The Labute approximate surface area is 110 Å². The molecule has 19 heavy (non-hydrogen) atoms. The SMILES string of the molecule is Cc1cc(NC(=O)C2CCC(F)(F)CC2)ccc1O. The van der Waals surface area contributed by atoms with E-state index in [1.807, 2.05) is 0 Å². The number of phenolic OH excluding ortho intramolecular Hbond substituents is 1. The fraction of sp³-hybridized carbons (Fsp3) is 0.500. The van der Waals surface area contributed by atoms with Crippen molar-refractivity contribution in [2.75, 3.05) is 5.32 Å². The van der Waals surface area contributed by atoms with Gasteiger partial charge in [-0.25, -0.2) is 8.78 Å². The van der Waals surface area contributed by atoms with Crippen molar-refractivity contribution in [1.82, 2.24) is 0 Å². The summed E-state index contributed by atoms with van der Waals surface area (Å²) in [7, 11) is 0. The molecule has 3 nitrogen and oxygen atoms in total. The molecule has 1 aromatic rings. The molecule has 0 bridgehead atoms. The molecule has 0 heterocycles. The number of hydrogen-bond donors (Lipinski definition) is 2. The summed E-state index contributed by atoms with van der Waals surface area (Å²) in [5.74, 6) is -3.03. The fourth-order valence-corrected chi connectivity index (χ4v) is 2.28. The lowest BCUT2D eigenvalue weighted by atomic mass is 9.86. The Balaban J connectivity index is 1.96. The minimum Gasteiger partial charge on any atom is -0.508 e. The van der Waals surface area contributed by atoms with Crippen LogP contribution in [0.5, 0.6) is 5.75 Å². The molecule has 1 aliphatic rings. The first-order valence-corrected chi connectivity index (χ1v) is 6.36. The van der Waals surface area contributed by atoms with Gasteiger partial charge in [-0.3, -0.25) is 4.79 Å². The number of aryl methyl sites for hydroxylation is 1. The molecule has 0 saturated heterocycles. The second kappa shape index (κ2) is 5.15. The summed E-state index contributed by atoms with van der Waals surface area (Å²) in [4.78, 5) is 12.0. The molecule has 0 aliphatic heterocycles. The fourth-order valence-electron chi connectivity index (χ4n) is 2.28. The van der Waals surface area contributed by atoms with Gasteiger partial charge in [-0.2, -0.15) is 0 Å². The maximum absolute atomic E-state index is 13.0. The highest BCUT2D eigenvalue weighted by Gasteiger charge is 2.37. The zero-order valence-electron chi connectivity index (χ0n) is 10.7. The largest absolute Gasteiger partial charge is 0.508 e. The van der Waals surface area contributed by atoms with Crippen molar-refractivity contribution in [3.8, 4) is 5.75 Å². The Morgan fingerprint density at radius 1 is 1.37 bits per heavy atom. The minimum atomic E-state index is -2.62. The molecule has 5 heteroatoms. The van der Waals surface area contributed by atoms with E-state index in [2.05, 4.69) is 5.32 Å². The summed E-state index contributed by atoms with van der Waals surface area (Å²) in [5, 5.41) is 12.1. The molecular formula is C14H17F2NO2. The van der Waals surface area contributed by atoms with Gasteiger partial charge in [0.05, 0.1) is 0 Å². The van der Waals surface area contributed by atoms with E-state index in [1.54, 1.807) is 19.1 Å². The lowest BCUT2D eigenvalue weighted by molar-refractivity contribution is -0.124. The zero-order chi connectivity index (χ0) is 14.0. The topological polar surface area (TPSA) is 49.3 Å². The third-order valence-electron chi connectivity index (χ3n) is 3.55. The van der Waals surface area contributed by atoms with Gasteiger partial charge >= 0.3 is 0 Å². The van der Waals surface area contributed by atoms with E-state index in [9.17, 15) is 18.7 Å². The van der Waals surface area contributed by atoms with Crippen LogP contribution in [0.4, 0.5) is 14.5 Å². The summed E-state index contributed by atoms with van der Waals surface area (Å²) in [5.41, 5.74) is 1.24. The number of amides is 1. The van der Waals surface area contributed by atoms with Crippen LogP contribution < -0.4 is 5.32 Å². The highest BCUT2D eigenvalue weighted by molar-refractivity contribution is 5.92. The maximum atomic E-state index is 13.0. The summed E-state index contributed by atoms with van der Waals surface area (Å²) >= 11 is 0. The number of benzene rings is 1. The van der Waals surface area contributed by atoms with Crippen molar-refractivity contribution in [3.05, 3.63) is 23.8 Å². The third kappa shape index (κ3) is 3.43. The number of halogens is 2. The van der Waals surface area contributed by atoms with E-state index in [4.69, 9.17) is 0 Å². The van der Waals surface area contributed by atoms with Crippen LogP contribution in [0.3, 0.4) is 0 Å². The molecule has 2 N–H and O–H groups in total. The van der Waals surface area contributed by atoms with Crippen molar-refractivity contribution in [2.45, 2.75) is 38.5 Å². The molecule has 0 aromatic heterocycles. The van der Waals surface area contributed by atoms with Gasteiger partial charge in [0, 0.05) is 24.4 Å². The molecule has 1 saturated carbocycles. The van der Waals surface area contributed by atoms with Crippen LogP contribution >= 0.6 is 0 Å². The average molecular weight is 269 g/mol. The Bertz CT molecular complexity index is 478. The van der Waals surface area contributed by atoms with Crippen molar-refractivity contribution < 1.29 is 18.7 Å². The van der Waals surface area contributed by atoms with Gasteiger partial charge in [-0.15, -0.1) is 0 Å². The van der Waals surface area contributed by atoms with Crippen LogP contribution in [-0.2, 0) is 4.79 Å². The second-order valence-corrected chi connectivity index (χ2v) is 5.12. The standard InChI is InChI=1S/C14H17F2NO2/c1-9-8-11(2-3-12(9)18)17-13(19)10-4-6-14(15,16)7-5-10/h2-3,8,10,18H,4-7H2,1H3,(H,17,19). The smallest absolute Gasteiger partial charge is 0.248 e. The van der Waals surface area contributed by atoms with Crippen molar-refractivity contribution in [3.63, 3.8) is 0 Å². The van der Waals surface area contributed by atoms with Gasteiger partial charge in [0.15, 0.2) is 0 Å². The number of phenols is 1. The van der Waals surface area contributed by atoms with Gasteiger partial charge in [-0.1, -0.05) is 0 Å². The lowest BCUT2D eigenvalue weighted by Crippen LogP contribution is -2.31. The number of nitrogens with one attached hydrogen (secondary N) is 1. The van der Waals surface area contributed by atoms with Crippen LogP contribution in [0, 0.1) is 12.8 Å². The molecule has 2 rings (SSSR count). The van der Waals surface area contributed by atoms with Crippen molar-refractivity contribution in [1.29, 1.82) is 0 Å². The summed E-state index contributed by atoms with van der Waals surface area (Å²) in [6, 6.07) is 4.75. The molecule has 0 radical (unpaired) electrons.